The number of hydrogen-bond donors (Lipinski definition) is 1. The van der Waals surface area contributed by atoms with E-state index >= 15 is 0 Å². The topological polar surface area (TPSA) is 109 Å². The summed E-state index contributed by atoms with van der Waals surface area (Å²) in [6.45, 7) is 10.3. The molecule has 0 bridgehead atoms. The average molecular weight is 483 g/mol. The van der Waals surface area contributed by atoms with Crippen molar-refractivity contribution in [3.63, 3.8) is 0 Å². The molecule has 1 aromatic carbocycles. The number of likely N-dealkylation sites (tertiary alicyclic amines) is 1. The molecule has 1 fully saturated rings. The Hall–Kier alpha value is -3.07. The standard InChI is InChI=1S/C25H30N4O4S/c1-15(2)12-25(23(31)32)13-18(20-27-14-33-28-20)19(21-26-10-11-34-21)29(25)22(30)16-6-8-17(9-7-16)24(3,4)5/h6-11,14-15,18-19H,12-13H2,1-5H3,(H,31,32)/t18-,19+,25-/m0/s1. The van der Waals surface area contributed by atoms with Crippen molar-refractivity contribution in [3.8, 4) is 0 Å². The Balaban J connectivity index is 1.88. The number of benzene rings is 1. The molecule has 4 rings (SSSR count). The normalized spacial score (nSPS) is 22.9. The maximum atomic E-state index is 14.1. The van der Waals surface area contributed by atoms with Crippen molar-refractivity contribution in [1.82, 2.24) is 20.0 Å². The van der Waals surface area contributed by atoms with E-state index in [1.165, 1.54) is 22.6 Å². The Bertz CT molecular complexity index is 1140. The summed E-state index contributed by atoms with van der Waals surface area (Å²) >= 11 is 1.39. The first-order valence-electron chi connectivity index (χ1n) is 11.4. The lowest BCUT2D eigenvalue weighted by atomic mass is 9.83. The fourth-order valence-electron chi connectivity index (χ4n) is 4.96. The van der Waals surface area contributed by atoms with Gasteiger partial charge in [0.1, 0.15) is 10.5 Å². The minimum atomic E-state index is -1.43. The molecule has 3 aromatic rings. The summed E-state index contributed by atoms with van der Waals surface area (Å²) in [6, 6.07) is 6.81. The Labute approximate surface area is 203 Å². The average Bonchev–Trinajstić information content (AvgIpc) is 3.52. The van der Waals surface area contributed by atoms with Crippen LogP contribution in [0.5, 0.6) is 0 Å². The second-order valence-electron chi connectivity index (χ2n) is 10.4. The first-order chi connectivity index (χ1) is 16.0. The van der Waals surface area contributed by atoms with Gasteiger partial charge in [-0.05, 0) is 41.9 Å². The Morgan fingerprint density at radius 2 is 1.94 bits per heavy atom. The van der Waals surface area contributed by atoms with Gasteiger partial charge in [-0.25, -0.2) is 9.78 Å². The van der Waals surface area contributed by atoms with Crippen LogP contribution in [0.3, 0.4) is 0 Å². The van der Waals surface area contributed by atoms with E-state index < -0.39 is 23.5 Å². The summed E-state index contributed by atoms with van der Waals surface area (Å²) in [5.74, 6) is -1.41. The lowest BCUT2D eigenvalue weighted by molar-refractivity contribution is -0.150. The lowest BCUT2D eigenvalue weighted by Gasteiger charge is -2.38. The predicted octanol–water partition coefficient (Wildman–Crippen LogP) is 5.06. The molecule has 0 radical (unpaired) electrons. The van der Waals surface area contributed by atoms with Crippen molar-refractivity contribution in [2.75, 3.05) is 0 Å². The summed E-state index contributed by atoms with van der Waals surface area (Å²) in [4.78, 5) is 37.3. The highest BCUT2D eigenvalue weighted by Crippen LogP contribution is 2.54. The van der Waals surface area contributed by atoms with Gasteiger partial charge in [0.25, 0.3) is 5.91 Å². The van der Waals surface area contributed by atoms with E-state index in [-0.39, 0.29) is 23.7 Å². The molecule has 0 spiro atoms. The van der Waals surface area contributed by atoms with Crippen LogP contribution in [0.25, 0.3) is 0 Å². The highest BCUT2D eigenvalue weighted by molar-refractivity contribution is 7.09. The summed E-state index contributed by atoms with van der Waals surface area (Å²) in [5, 5.41) is 17.1. The largest absolute Gasteiger partial charge is 0.479 e. The predicted molar refractivity (Wildman–Crippen MR) is 128 cm³/mol. The van der Waals surface area contributed by atoms with E-state index in [4.69, 9.17) is 4.52 Å². The maximum Gasteiger partial charge on any atom is 0.329 e. The first-order valence-corrected chi connectivity index (χ1v) is 12.3. The van der Waals surface area contributed by atoms with E-state index in [1.54, 1.807) is 18.3 Å². The molecule has 1 N–H and O–H groups in total. The molecule has 1 aliphatic heterocycles. The molecular formula is C25H30N4O4S. The van der Waals surface area contributed by atoms with E-state index in [0.717, 1.165) is 5.56 Å². The molecule has 3 atom stereocenters. The van der Waals surface area contributed by atoms with E-state index in [2.05, 4.69) is 35.9 Å². The van der Waals surface area contributed by atoms with Crippen LogP contribution in [0.4, 0.5) is 0 Å². The van der Waals surface area contributed by atoms with Crippen molar-refractivity contribution < 1.29 is 19.2 Å². The summed E-state index contributed by atoms with van der Waals surface area (Å²) < 4.78 is 5.00. The van der Waals surface area contributed by atoms with Gasteiger partial charge in [-0.2, -0.15) is 4.98 Å². The molecule has 0 saturated carbocycles. The second kappa shape index (κ2) is 8.94. The van der Waals surface area contributed by atoms with Crippen LogP contribution in [-0.4, -0.2) is 42.5 Å². The zero-order valence-corrected chi connectivity index (χ0v) is 20.9. The van der Waals surface area contributed by atoms with Crippen LogP contribution in [-0.2, 0) is 10.2 Å². The molecule has 34 heavy (non-hydrogen) atoms. The molecule has 2 aromatic heterocycles. The van der Waals surface area contributed by atoms with E-state index in [1.807, 2.05) is 31.4 Å². The number of thiazole rings is 1. The third kappa shape index (κ3) is 4.24. The fraction of sp³-hybridized carbons (Fsp3) is 0.480. The fourth-order valence-corrected chi connectivity index (χ4v) is 5.76. The first kappa shape index (κ1) is 24.1. The molecule has 3 heterocycles. The third-order valence-electron chi connectivity index (χ3n) is 6.45. The number of carboxylic acids is 1. The highest BCUT2D eigenvalue weighted by Gasteiger charge is 2.61. The van der Waals surface area contributed by atoms with E-state index in [0.29, 0.717) is 22.8 Å². The molecular weight excluding hydrogens is 452 g/mol. The number of aromatic nitrogens is 3. The van der Waals surface area contributed by atoms with Crippen molar-refractivity contribution in [1.29, 1.82) is 0 Å². The summed E-state index contributed by atoms with van der Waals surface area (Å²) in [5.41, 5.74) is 0.0384. The molecule has 9 heteroatoms. The van der Waals surface area contributed by atoms with Crippen LogP contribution < -0.4 is 0 Å². The molecule has 0 unspecified atom stereocenters. The Morgan fingerprint density at radius 3 is 2.44 bits per heavy atom. The van der Waals surface area contributed by atoms with Crippen LogP contribution >= 0.6 is 11.3 Å². The van der Waals surface area contributed by atoms with Gasteiger partial charge in [-0.3, -0.25) is 4.79 Å². The quantitative estimate of drug-likeness (QED) is 0.523. The van der Waals surface area contributed by atoms with Gasteiger partial charge in [-0.1, -0.05) is 51.9 Å². The van der Waals surface area contributed by atoms with Gasteiger partial charge < -0.3 is 14.5 Å². The molecule has 1 saturated heterocycles. The van der Waals surface area contributed by atoms with Crippen LogP contribution in [0, 0.1) is 5.92 Å². The molecule has 180 valence electrons. The van der Waals surface area contributed by atoms with Gasteiger partial charge in [-0.15, -0.1) is 11.3 Å². The number of carboxylic acid groups (broad SMARTS) is 1. The van der Waals surface area contributed by atoms with E-state index in [9.17, 15) is 14.7 Å². The zero-order valence-electron chi connectivity index (χ0n) is 20.1. The minimum absolute atomic E-state index is 0.0376. The third-order valence-corrected chi connectivity index (χ3v) is 7.30. The minimum Gasteiger partial charge on any atom is -0.479 e. The smallest absolute Gasteiger partial charge is 0.329 e. The maximum absolute atomic E-state index is 14.1. The van der Waals surface area contributed by atoms with Gasteiger partial charge in [0.05, 0.1) is 12.0 Å². The number of amides is 1. The number of carbonyl (C=O) groups excluding carboxylic acids is 1. The van der Waals surface area contributed by atoms with Crippen LogP contribution in [0.15, 0.2) is 46.8 Å². The molecule has 8 nitrogen and oxygen atoms in total. The van der Waals surface area contributed by atoms with Crippen LogP contribution in [0.1, 0.15) is 86.2 Å². The summed E-state index contributed by atoms with van der Waals surface area (Å²) in [6.07, 6.45) is 3.37. The highest BCUT2D eigenvalue weighted by atomic mass is 32.1. The number of carbonyl (C=O) groups is 2. The molecule has 0 aliphatic carbocycles. The van der Waals surface area contributed by atoms with Crippen molar-refractivity contribution in [2.24, 2.45) is 5.92 Å². The van der Waals surface area contributed by atoms with Crippen molar-refractivity contribution >= 4 is 23.2 Å². The van der Waals surface area contributed by atoms with Gasteiger partial charge in [0.2, 0.25) is 6.39 Å². The number of hydrogen-bond acceptors (Lipinski definition) is 7. The van der Waals surface area contributed by atoms with Gasteiger partial charge >= 0.3 is 5.97 Å². The van der Waals surface area contributed by atoms with Crippen molar-refractivity contribution in [2.45, 2.75) is 70.4 Å². The Morgan fingerprint density at radius 1 is 1.24 bits per heavy atom. The lowest BCUT2D eigenvalue weighted by Crippen LogP contribution is -2.54. The SMILES string of the molecule is CC(C)C[C@@]1(C(=O)O)C[C@H](c2ncon2)[C@H](c2nccs2)N1C(=O)c1ccc(C(C)(C)C)cc1. The Kier molecular flexibility index (Phi) is 6.33. The summed E-state index contributed by atoms with van der Waals surface area (Å²) in [7, 11) is 0. The number of aliphatic carboxylic acids is 1. The monoisotopic (exact) mass is 482 g/mol. The van der Waals surface area contributed by atoms with Gasteiger partial charge in [0, 0.05) is 17.1 Å². The van der Waals surface area contributed by atoms with Crippen molar-refractivity contribution in [3.05, 3.63) is 64.2 Å². The number of rotatable bonds is 6. The molecule has 1 amide bonds. The number of nitrogens with zero attached hydrogens (tertiary/aromatic N) is 4. The molecule has 1 aliphatic rings. The second-order valence-corrected chi connectivity index (χ2v) is 11.3. The van der Waals surface area contributed by atoms with Gasteiger partial charge in [0.15, 0.2) is 5.82 Å². The zero-order chi connectivity index (χ0) is 24.7. The van der Waals surface area contributed by atoms with Crippen LogP contribution in [0.2, 0.25) is 0 Å².